The molecule has 0 aliphatic carbocycles. The molecule has 1 aromatic carbocycles. The van der Waals surface area contributed by atoms with Crippen molar-refractivity contribution in [1.29, 1.82) is 0 Å². The van der Waals surface area contributed by atoms with Crippen molar-refractivity contribution in [2.75, 3.05) is 6.61 Å². The molecule has 0 radical (unpaired) electrons. The third kappa shape index (κ3) is 5.19. The van der Waals surface area contributed by atoms with E-state index in [9.17, 15) is 0 Å². The predicted molar refractivity (Wildman–Crippen MR) is 77.6 cm³/mol. The van der Waals surface area contributed by atoms with Crippen LogP contribution in [-0.2, 0) is 4.74 Å². The van der Waals surface area contributed by atoms with Crippen LogP contribution in [0.5, 0.6) is 0 Å². The van der Waals surface area contributed by atoms with E-state index in [1.54, 1.807) is 0 Å². The Morgan fingerprint density at radius 1 is 1.28 bits per heavy atom. The second-order valence-electron chi connectivity index (χ2n) is 6.38. The number of hydrogen-bond donors (Lipinski definition) is 1. The van der Waals surface area contributed by atoms with E-state index in [0.717, 1.165) is 13.0 Å². The largest absolute Gasteiger partial charge is 0.372 e. The standard InChI is InChI=1S/C16H27NO/c1-12-7-6-8-14(11-12)15(13(2)17)18-10-9-16(3,4)5/h6-8,11,13,15H,9-10,17H2,1-5H3. The molecule has 2 unspecified atom stereocenters. The lowest BCUT2D eigenvalue weighted by molar-refractivity contribution is 0.0241. The summed E-state index contributed by atoms with van der Waals surface area (Å²) in [6.07, 6.45) is 1.04. The average Bonchev–Trinajstić information content (AvgIpc) is 2.22. The van der Waals surface area contributed by atoms with Crippen LogP contribution in [0.1, 0.15) is 51.3 Å². The molecule has 18 heavy (non-hydrogen) atoms. The minimum Gasteiger partial charge on any atom is -0.372 e. The Kier molecular flexibility index (Phi) is 5.36. The normalized spacial score (nSPS) is 15.4. The molecular weight excluding hydrogens is 222 g/mol. The lowest BCUT2D eigenvalue weighted by atomic mass is 9.93. The molecule has 0 aliphatic rings. The highest BCUT2D eigenvalue weighted by Gasteiger charge is 2.18. The fourth-order valence-corrected chi connectivity index (χ4v) is 1.89. The molecule has 2 heteroatoms. The summed E-state index contributed by atoms with van der Waals surface area (Å²) in [6, 6.07) is 8.42. The summed E-state index contributed by atoms with van der Waals surface area (Å²) in [5.41, 5.74) is 8.77. The highest BCUT2D eigenvalue weighted by Crippen LogP contribution is 2.24. The third-order valence-electron chi connectivity index (χ3n) is 3.00. The van der Waals surface area contributed by atoms with Gasteiger partial charge in [0.25, 0.3) is 0 Å². The van der Waals surface area contributed by atoms with E-state index in [-0.39, 0.29) is 12.1 Å². The first-order valence-electron chi connectivity index (χ1n) is 6.73. The molecule has 0 saturated heterocycles. The highest BCUT2D eigenvalue weighted by atomic mass is 16.5. The minimum atomic E-state index is -0.00718. The van der Waals surface area contributed by atoms with Crippen LogP contribution in [0.25, 0.3) is 0 Å². The number of rotatable bonds is 5. The van der Waals surface area contributed by atoms with E-state index < -0.39 is 0 Å². The first-order valence-corrected chi connectivity index (χ1v) is 6.73. The zero-order valence-electron chi connectivity index (χ0n) is 12.4. The van der Waals surface area contributed by atoms with Crippen molar-refractivity contribution in [3.8, 4) is 0 Å². The van der Waals surface area contributed by atoms with Gasteiger partial charge in [0.15, 0.2) is 0 Å². The molecule has 1 aromatic rings. The van der Waals surface area contributed by atoms with E-state index in [4.69, 9.17) is 10.5 Å². The van der Waals surface area contributed by atoms with Crippen LogP contribution in [0, 0.1) is 12.3 Å². The monoisotopic (exact) mass is 249 g/mol. The maximum absolute atomic E-state index is 6.04. The third-order valence-corrected chi connectivity index (χ3v) is 3.00. The van der Waals surface area contributed by atoms with Crippen LogP contribution in [-0.4, -0.2) is 12.6 Å². The van der Waals surface area contributed by atoms with Gasteiger partial charge in [-0.15, -0.1) is 0 Å². The van der Waals surface area contributed by atoms with E-state index in [0.29, 0.717) is 5.41 Å². The smallest absolute Gasteiger partial charge is 0.0973 e. The average molecular weight is 249 g/mol. The molecule has 2 N–H and O–H groups in total. The maximum atomic E-state index is 6.04. The zero-order chi connectivity index (χ0) is 13.8. The van der Waals surface area contributed by atoms with Gasteiger partial charge in [0.2, 0.25) is 0 Å². The predicted octanol–water partition coefficient (Wildman–Crippen LogP) is 3.84. The van der Waals surface area contributed by atoms with Crippen LogP contribution < -0.4 is 5.73 Å². The van der Waals surface area contributed by atoms with Gasteiger partial charge >= 0.3 is 0 Å². The van der Waals surface area contributed by atoms with E-state index in [1.165, 1.54) is 11.1 Å². The van der Waals surface area contributed by atoms with Gasteiger partial charge in [-0.2, -0.15) is 0 Å². The molecule has 0 fully saturated rings. The second-order valence-corrected chi connectivity index (χ2v) is 6.38. The first kappa shape index (κ1) is 15.2. The van der Waals surface area contributed by atoms with Crippen LogP contribution in [0.2, 0.25) is 0 Å². The highest BCUT2D eigenvalue weighted by molar-refractivity contribution is 5.25. The molecule has 102 valence electrons. The SMILES string of the molecule is Cc1cccc(C(OCCC(C)(C)C)C(C)N)c1. The Bertz CT molecular complexity index is 366. The van der Waals surface area contributed by atoms with Crippen LogP contribution in [0.3, 0.4) is 0 Å². The molecule has 1 rings (SSSR count). The fourth-order valence-electron chi connectivity index (χ4n) is 1.89. The molecule has 0 saturated carbocycles. The summed E-state index contributed by atoms with van der Waals surface area (Å²) >= 11 is 0. The number of nitrogens with two attached hydrogens (primary N) is 1. The molecule has 0 aliphatic heterocycles. The van der Waals surface area contributed by atoms with Crippen molar-refractivity contribution in [2.24, 2.45) is 11.1 Å². The number of aryl methyl sites for hydroxylation is 1. The number of ether oxygens (including phenoxy) is 1. The van der Waals surface area contributed by atoms with Gasteiger partial charge in [0.1, 0.15) is 0 Å². The topological polar surface area (TPSA) is 35.2 Å². The van der Waals surface area contributed by atoms with Crippen molar-refractivity contribution >= 4 is 0 Å². The van der Waals surface area contributed by atoms with Gasteiger partial charge in [-0.3, -0.25) is 0 Å². The minimum absolute atomic E-state index is 0.00627. The molecule has 0 aromatic heterocycles. The van der Waals surface area contributed by atoms with Gasteiger partial charge in [0.05, 0.1) is 6.10 Å². The van der Waals surface area contributed by atoms with Crippen molar-refractivity contribution in [3.05, 3.63) is 35.4 Å². The lowest BCUT2D eigenvalue weighted by Gasteiger charge is -2.25. The van der Waals surface area contributed by atoms with Gasteiger partial charge < -0.3 is 10.5 Å². The summed E-state index contributed by atoms with van der Waals surface area (Å²) in [7, 11) is 0. The van der Waals surface area contributed by atoms with Crippen molar-refractivity contribution in [1.82, 2.24) is 0 Å². The fraction of sp³-hybridized carbons (Fsp3) is 0.625. The summed E-state index contributed by atoms with van der Waals surface area (Å²) in [6.45, 7) is 11.5. The molecule has 2 nitrogen and oxygen atoms in total. The van der Waals surface area contributed by atoms with Gasteiger partial charge in [-0.25, -0.2) is 0 Å². The Morgan fingerprint density at radius 2 is 1.94 bits per heavy atom. The molecule has 0 bridgehead atoms. The Hall–Kier alpha value is -0.860. The second kappa shape index (κ2) is 6.35. The summed E-state index contributed by atoms with van der Waals surface area (Å²) < 4.78 is 6.00. The molecule has 0 spiro atoms. The van der Waals surface area contributed by atoms with Crippen LogP contribution >= 0.6 is 0 Å². The van der Waals surface area contributed by atoms with E-state index in [2.05, 4.69) is 52.0 Å². The maximum Gasteiger partial charge on any atom is 0.0973 e. The number of benzene rings is 1. The summed E-state index contributed by atoms with van der Waals surface area (Å²) in [5, 5.41) is 0. The molecule has 2 atom stereocenters. The summed E-state index contributed by atoms with van der Waals surface area (Å²) in [5.74, 6) is 0. The Balaban J connectivity index is 2.66. The van der Waals surface area contributed by atoms with Crippen LogP contribution in [0.4, 0.5) is 0 Å². The van der Waals surface area contributed by atoms with Crippen molar-refractivity contribution in [2.45, 2.75) is 53.2 Å². The first-order chi connectivity index (χ1) is 8.29. The number of hydrogen-bond acceptors (Lipinski definition) is 2. The Morgan fingerprint density at radius 3 is 2.44 bits per heavy atom. The quantitative estimate of drug-likeness (QED) is 0.860. The van der Waals surface area contributed by atoms with Gasteiger partial charge in [0, 0.05) is 12.6 Å². The summed E-state index contributed by atoms with van der Waals surface area (Å²) in [4.78, 5) is 0. The molecule has 0 amide bonds. The van der Waals surface area contributed by atoms with E-state index >= 15 is 0 Å². The van der Waals surface area contributed by atoms with Gasteiger partial charge in [-0.05, 0) is 31.2 Å². The van der Waals surface area contributed by atoms with Gasteiger partial charge in [-0.1, -0.05) is 50.6 Å². The van der Waals surface area contributed by atoms with Crippen molar-refractivity contribution < 1.29 is 4.74 Å². The van der Waals surface area contributed by atoms with Crippen molar-refractivity contribution in [3.63, 3.8) is 0 Å². The Labute approximate surface area is 112 Å². The molecule has 0 heterocycles. The lowest BCUT2D eigenvalue weighted by Crippen LogP contribution is -2.28. The van der Waals surface area contributed by atoms with E-state index in [1.807, 2.05) is 6.92 Å². The molecular formula is C16H27NO. The zero-order valence-corrected chi connectivity index (χ0v) is 12.4. The van der Waals surface area contributed by atoms with Crippen LogP contribution in [0.15, 0.2) is 24.3 Å².